The van der Waals surface area contributed by atoms with Crippen molar-refractivity contribution in [3.63, 3.8) is 0 Å². The summed E-state index contributed by atoms with van der Waals surface area (Å²) in [6.07, 6.45) is 0.963. The van der Waals surface area contributed by atoms with Gasteiger partial charge in [0.05, 0.1) is 5.92 Å². The van der Waals surface area contributed by atoms with Crippen LogP contribution in [0, 0.1) is 5.92 Å². The Labute approximate surface area is 142 Å². The van der Waals surface area contributed by atoms with Gasteiger partial charge in [-0.1, -0.05) is 0 Å². The molecule has 2 saturated heterocycles. The molecule has 0 aromatic carbocycles. The summed E-state index contributed by atoms with van der Waals surface area (Å²) in [5.74, 6) is -1.33. The van der Waals surface area contributed by atoms with Crippen LogP contribution in [0.25, 0.3) is 0 Å². The van der Waals surface area contributed by atoms with E-state index in [-0.39, 0.29) is 18.7 Å². The van der Waals surface area contributed by atoms with Crippen LogP contribution in [0.5, 0.6) is 0 Å². The molecule has 0 bridgehead atoms. The molecule has 2 aliphatic heterocycles. The summed E-state index contributed by atoms with van der Waals surface area (Å²) in [5, 5.41) is 9.13. The van der Waals surface area contributed by atoms with Crippen LogP contribution in [0.3, 0.4) is 0 Å². The monoisotopic (exact) mass is 341 g/mol. The van der Waals surface area contributed by atoms with E-state index in [1.807, 2.05) is 20.8 Å². The van der Waals surface area contributed by atoms with Gasteiger partial charge in [-0.05, 0) is 33.6 Å². The summed E-state index contributed by atoms with van der Waals surface area (Å²) in [4.78, 5) is 40.6. The highest BCUT2D eigenvalue weighted by Crippen LogP contribution is 2.19. The summed E-state index contributed by atoms with van der Waals surface area (Å²) in [6, 6.07) is -0.134. The zero-order valence-corrected chi connectivity index (χ0v) is 14.7. The molecule has 8 heteroatoms. The lowest BCUT2D eigenvalue weighted by Crippen LogP contribution is -2.56. The summed E-state index contributed by atoms with van der Waals surface area (Å²) in [5.41, 5.74) is -0.538. The third-order valence-corrected chi connectivity index (χ3v) is 4.24. The van der Waals surface area contributed by atoms with Gasteiger partial charge in [-0.15, -0.1) is 0 Å². The first-order valence-corrected chi connectivity index (χ1v) is 8.42. The molecule has 2 fully saturated rings. The first-order valence-electron chi connectivity index (χ1n) is 8.42. The number of carbonyl (C=O) groups excluding carboxylic acids is 2. The van der Waals surface area contributed by atoms with Gasteiger partial charge in [-0.3, -0.25) is 4.79 Å². The Balaban J connectivity index is 1.84. The molecule has 8 nitrogen and oxygen atoms in total. The predicted octanol–water partition coefficient (Wildman–Crippen LogP) is 1.46. The lowest BCUT2D eigenvalue weighted by Gasteiger charge is -2.39. The predicted molar refractivity (Wildman–Crippen MR) is 86.7 cm³/mol. The van der Waals surface area contributed by atoms with Gasteiger partial charge >= 0.3 is 18.1 Å². The third-order valence-electron chi connectivity index (χ3n) is 4.24. The number of aliphatic carboxylic acids is 1. The van der Waals surface area contributed by atoms with E-state index in [0.29, 0.717) is 45.6 Å². The lowest BCUT2D eigenvalue weighted by molar-refractivity contribution is -0.143. The molecule has 1 unspecified atom stereocenters. The fourth-order valence-corrected chi connectivity index (χ4v) is 2.96. The fraction of sp³-hybridized carbons (Fsp3) is 0.812. The van der Waals surface area contributed by atoms with Crippen LogP contribution in [-0.2, 0) is 9.53 Å². The Morgan fingerprint density at radius 3 is 2.08 bits per heavy atom. The number of amides is 3. The first kappa shape index (κ1) is 18.4. The standard InChI is InChI=1S/C16H27N3O5/c1-16(2,3)24-15(23)18-9-7-17(8-10-18)14(22)19-6-4-5-12(11-19)13(20)21/h12H,4-11H2,1-3H3,(H,20,21). The van der Waals surface area contributed by atoms with E-state index in [9.17, 15) is 14.4 Å². The van der Waals surface area contributed by atoms with Crippen molar-refractivity contribution in [1.29, 1.82) is 0 Å². The Kier molecular flexibility index (Phi) is 5.56. The molecule has 1 atom stereocenters. The van der Waals surface area contributed by atoms with Crippen molar-refractivity contribution in [3.8, 4) is 0 Å². The van der Waals surface area contributed by atoms with Gasteiger partial charge in [0.15, 0.2) is 0 Å². The van der Waals surface area contributed by atoms with E-state index in [1.165, 1.54) is 0 Å². The number of urea groups is 1. The molecule has 1 N–H and O–H groups in total. The molecule has 0 saturated carbocycles. The summed E-state index contributed by atoms with van der Waals surface area (Å²) < 4.78 is 5.34. The van der Waals surface area contributed by atoms with Gasteiger partial charge in [-0.2, -0.15) is 0 Å². The van der Waals surface area contributed by atoms with E-state index in [0.717, 1.165) is 0 Å². The Hall–Kier alpha value is -1.99. The number of piperidine rings is 1. The highest BCUT2D eigenvalue weighted by atomic mass is 16.6. The summed E-state index contributed by atoms with van der Waals surface area (Å²) in [6.45, 7) is 8.04. The molecule has 0 aliphatic carbocycles. The zero-order valence-electron chi connectivity index (χ0n) is 14.7. The number of carbonyl (C=O) groups is 3. The molecule has 136 valence electrons. The number of hydrogen-bond acceptors (Lipinski definition) is 4. The second-order valence-electron chi connectivity index (χ2n) is 7.36. The minimum absolute atomic E-state index is 0.134. The molecule has 2 heterocycles. The number of ether oxygens (including phenoxy) is 1. The van der Waals surface area contributed by atoms with Gasteiger partial charge < -0.3 is 24.5 Å². The van der Waals surface area contributed by atoms with Crippen molar-refractivity contribution in [2.45, 2.75) is 39.2 Å². The zero-order chi connectivity index (χ0) is 17.9. The maximum Gasteiger partial charge on any atom is 0.410 e. The molecule has 0 aromatic rings. The van der Waals surface area contributed by atoms with Gasteiger partial charge in [0.2, 0.25) is 0 Å². The van der Waals surface area contributed by atoms with Crippen LogP contribution >= 0.6 is 0 Å². The fourth-order valence-electron chi connectivity index (χ4n) is 2.96. The number of carboxylic acids is 1. The van der Waals surface area contributed by atoms with Crippen LogP contribution in [0.4, 0.5) is 9.59 Å². The minimum atomic E-state index is -0.845. The highest BCUT2D eigenvalue weighted by molar-refractivity contribution is 5.77. The number of likely N-dealkylation sites (tertiary alicyclic amines) is 1. The number of carboxylic acid groups (broad SMARTS) is 1. The van der Waals surface area contributed by atoms with Gasteiger partial charge in [0.1, 0.15) is 5.60 Å². The van der Waals surface area contributed by atoms with Crippen LogP contribution < -0.4 is 0 Å². The van der Waals surface area contributed by atoms with E-state index in [4.69, 9.17) is 9.84 Å². The first-order chi connectivity index (χ1) is 11.2. The van der Waals surface area contributed by atoms with E-state index in [1.54, 1.807) is 14.7 Å². The number of nitrogens with zero attached hydrogens (tertiary/aromatic N) is 3. The van der Waals surface area contributed by atoms with Crippen molar-refractivity contribution in [1.82, 2.24) is 14.7 Å². The normalized spacial score (nSPS) is 22.3. The largest absolute Gasteiger partial charge is 0.481 e. The number of piperazine rings is 1. The van der Waals surface area contributed by atoms with Gasteiger partial charge in [0.25, 0.3) is 0 Å². The average Bonchev–Trinajstić information content (AvgIpc) is 2.53. The Bertz CT molecular complexity index is 494. The van der Waals surface area contributed by atoms with Crippen molar-refractivity contribution in [2.24, 2.45) is 5.92 Å². The average molecular weight is 341 g/mol. The van der Waals surface area contributed by atoms with Crippen molar-refractivity contribution in [3.05, 3.63) is 0 Å². The molecule has 0 radical (unpaired) electrons. The topological polar surface area (TPSA) is 90.4 Å². The minimum Gasteiger partial charge on any atom is -0.481 e. The quantitative estimate of drug-likeness (QED) is 0.780. The highest BCUT2D eigenvalue weighted by Gasteiger charge is 2.33. The van der Waals surface area contributed by atoms with Gasteiger partial charge in [-0.25, -0.2) is 9.59 Å². The summed E-state index contributed by atoms with van der Waals surface area (Å²) >= 11 is 0. The smallest absolute Gasteiger partial charge is 0.410 e. The van der Waals surface area contributed by atoms with E-state index < -0.39 is 17.5 Å². The molecule has 0 spiro atoms. The molecule has 24 heavy (non-hydrogen) atoms. The number of hydrogen-bond donors (Lipinski definition) is 1. The Morgan fingerprint density at radius 1 is 0.958 bits per heavy atom. The maximum atomic E-state index is 12.6. The van der Waals surface area contributed by atoms with Crippen molar-refractivity contribution in [2.75, 3.05) is 39.3 Å². The molecule has 2 rings (SSSR count). The van der Waals surface area contributed by atoms with Gasteiger partial charge in [0, 0.05) is 39.3 Å². The molecular formula is C16H27N3O5. The van der Waals surface area contributed by atoms with Crippen molar-refractivity contribution < 1.29 is 24.2 Å². The third kappa shape index (κ3) is 4.75. The molecule has 0 aromatic heterocycles. The van der Waals surface area contributed by atoms with Crippen molar-refractivity contribution >= 4 is 18.1 Å². The molecule has 3 amide bonds. The van der Waals surface area contributed by atoms with Crippen LogP contribution in [0.1, 0.15) is 33.6 Å². The number of rotatable bonds is 1. The molecular weight excluding hydrogens is 314 g/mol. The SMILES string of the molecule is CC(C)(C)OC(=O)N1CCN(C(=O)N2CCCC(C(=O)O)C2)CC1. The Morgan fingerprint density at radius 2 is 1.54 bits per heavy atom. The maximum absolute atomic E-state index is 12.6. The molecule has 2 aliphatic rings. The lowest BCUT2D eigenvalue weighted by atomic mass is 9.98. The second-order valence-corrected chi connectivity index (χ2v) is 7.36. The van der Waals surface area contributed by atoms with Crippen LogP contribution in [-0.4, -0.2) is 82.8 Å². The van der Waals surface area contributed by atoms with E-state index in [2.05, 4.69) is 0 Å². The van der Waals surface area contributed by atoms with Crippen LogP contribution in [0.2, 0.25) is 0 Å². The summed E-state index contributed by atoms with van der Waals surface area (Å²) in [7, 11) is 0. The van der Waals surface area contributed by atoms with Crippen LogP contribution in [0.15, 0.2) is 0 Å². The van der Waals surface area contributed by atoms with E-state index >= 15 is 0 Å². The second kappa shape index (κ2) is 7.27.